The van der Waals surface area contributed by atoms with E-state index in [1.165, 1.54) is 11.3 Å². The van der Waals surface area contributed by atoms with E-state index in [9.17, 15) is 4.79 Å². The molecule has 0 aliphatic heterocycles. The van der Waals surface area contributed by atoms with E-state index < -0.39 is 0 Å². The third kappa shape index (κ3) is 3.79. The van der Waals surface area contributed by atoms with Crippen LogP contribution in [0.4, 0.5) is 5.69 Å². The Bertz CT molecular complexity index is 422. The van der Waals surface area contributed by atoms with E-state index in [2.05, 4.69) is 10.3 Å². The normalized spacial score (nSPS) is 9.07. The first-order chi connectivity index (χ1) is 6.86. The molecule has 1 amide bonds. The second kappa shape index (κ2) is 6.52. The first kappa shape index (κ1) is 13.0. The molecule has 0 saturated heterocycles. The summed E-state index contributed by atoms with van der Waals surface area (Å²) >= 11 is 1.42. The Balaban J connectivity index is 0.00000112. The van der Waals surface area contributed by atoms with E-state index in [0.717, 1.165) is 0 Å². The van der Waals surface area contributed by atoms with Crippen LogP contribution >= 0.6 is 11.3 Å². The average molecular weight is 244 g/mol. The molecule has 0 radical (unpaired) electrons. The van der Waals surface area contributed by atoms with Crippen molar-refractivity contribution in [1.29, 1.82) is 0 Å². The Morgan fingerprint density at radius 1 is 1.40 bits per heavy atom. The minimum atomic E-state index is -0.0898. The van der Waals surface area contributed by atoms with Crippen molar-refractivity contribution in [3.05, 3.63) is 46.9 Å². The molecule has 2 aromatic heterocycles. The first-order valence-corrected chi connectivity index (χ1v) is 4.99. The number of hydrogen-bond donors (Lipinski definition) is 1. The molecule has 72 valence electrons. The van der Waals surface area contributed by atoms with E-state index >= 15 is 0 Å². The minimum absolute atomic E-state index is 0. The molecule has 2 heterocycles. The molecular formula is C10H9KN2OS. The van der Waals surface area contributed by atoms with Gasteiger partial charge in [-0.15, -0.1) is 11.3 Å². The van der Waals surface area contributed by atoms with Crippen LogP contribution in [0, 0.1) is 0 Å². The van der Waals surface area contributed by atoms with Crippen molar-refractivity contribution in [1.82, 2.24) is 4.98 Å². The van der Waals surface area contributed by atoms with Crippen LogP contribution in [0.3, 0.4) is 0 Å². The van der Waals surface area contributed by atoms with Gasteiger partial charge in [0.25, 0.3) is 5.91 Å². The Labute approximate surface area is 136 Å². The van der Waals surface area contributed by atoms with Gasteiger partial charge in [0.1, 0.15) is 0 Å². The largest absolute Gasteiger partial charge is 1.00 e. The summed E-state index contributed by atoms with van der Waals surface area (Å²) in [5.74, 6) is -0.0898. The molecule has 2 rings (SSSR count). The number of thiophene rings is 1. The van der Waals surface area contributed by atoms with E-state index in [4.69, 9.17) is 0 Å². The third-order valence-corrected chi connectivity index (χ3v) is 2.53. The number of carbonyl (C=O) groups is 1. The number of anilines is 1. The second-order valence-corrected chi connectivity index (χ2v) is 3.62. The van der Waals surface area contributed by atoms with Crippen molar-refractivity contribution < 1.29 is 57.6 Å². The number of pyridine rings is 1. The van der Waals surface area contributed by atoms with Gasteiger partial charge in [0, 0.05) is 6.20 Å². The Morgan fingerprint density at radius 2 is 2.27 bits per heavy atom. The van der Waals surface area contributed by atoms with Crippen molar-refractivity contribution in [2.75, 3.05) is 5.32 Å². The molecule has 0 unspecified atom stereocenters. The summed E-state index contributed by atoms with van der Waals surface area (Å²) in [6.45, 7) is 0. The molecule has 0 fully saturated rings. The van der Waals surface area contributed by atoms with Crippen molar-refractivity contribution >= 4 is 22.9 Å². The molecule has 0 aliphatic carbocycles. The molecule has 0 bridgehead atoms. The van der Waals surface area contributed by atoms with E-state index in [1.807, 2.05) is 11.4 Å². The van der Waals surface area contributed by atoms with Crippen LogP contribution in [-0.4, -0.2) is 10.9 Å². The Hall–Kier alpha value is -0.0436. The summed E-state index contributed by atoms with van der Waals surface area (Å²) in [6, 6.07) is 7.22. The van der Waals surface area contributed by atoms with Crippen LogP contribution in [0.2, 0.25) is 0 Å². The maximum atomic E-state index is 11.5. The fourth-order valence-corrected chi connectivity index (χ4v) is 1.66. The molecule has 0 spiro atoms. The molecule has 2 aromatic rings. The molecule has 0 saturated carbocycles. The van der Waals surface area contributed by atoms with Gasteiger partial charge in [0.05, 0.1) is 16.8 Å². The SMILES string of the molecule is O=C(Nc1cccnc1)c1cccs1.[H-].[K+]. The maximum Gasteiger partial charge on any atom is 1.00 e. The van der Waals surface area contributed by atoms with Crippen LogP contribution in [0.1, 0.15) is 11.1 Å². The summed E-state index contributed by atoms with van der Waals surface area (Å²) in [4.78, 5) is 16.2. The maximum absolute atomic E-state index is 11.5. The summed E-state index contributed by atoms with van der Waals surface area (Å²) < 4.78 is 0. The van der Waals surface area contributed by atoms with Crippen molar-refractivity contribution in [2.45, 2.75) is 0 Å². The van der Waals surface area contributed by atoms with Crippen molar-refractivity contribution in [3.63, 3.8) is 0 Å². The fourth-order valence-electron chi connectivity index (χ4n) is 1.04. The number of rotatable bonds is 2. The molecule has 5 heteroatoms. The number of amides is 1. The Morgan fingerprint density at radius 3 is 2.87 bits per heavy atom. The topological polar surface area (TPSA) is 42.0 Å². The zero-order chi connectivity index (χ0) is 9.80. The molecule has 1 N–H and O–H groups in total. The third-order valence-electron chi connectivity index (χ3n) is 1.66. The number of nitrogens with zero attached hydrogens (tertiary/aromatic N) is 1. The van der Waals surface area contributed by atoms with Crippen LogP contribution in [0.5, 0.6) is 0 Å². The van der Waals surface area contributed by atoms with Crippen LogP contribution in [0.15, 0.2) is 42.0 Å². The summed E-state index contributed by atoms with van der Waals surface area (Å²) in [5.41, 5.74) is 0.714. The zero-order valence-electron chi connectivity index (χ0n) is 9.31. The predicted molar refractivity (Wildman–Crippen MR) is 57.6 cm³/mol. The number of hydrogen-bond acceptors (Lipinski definition) is 3. The van der Waals surface area contributed by atoms with Crippen LogP contribution < -0.4 is 56.7 Å². The van der Waals surface area contributed by atoms with Gasteiger partial charge < -0.3 is 6.74 Å². The van der Waals surface area contributed by atoms with Gasteiger partial charge in [-0.1, -0.05) is 6.07 Å². The number of nitrogens with one attached hydrogen (secondary N) is 1. The molecule has 3 nitrogen and oxygen atoms in total. The quantitative estimate of drug-likeness (QED) is 0.725. The second-order valence-electron chi connectivity index (χ2n) is 2.67. The zero-order valence-corrected chi connectivity index (χ0v) is 12.2. The van der Waals surface area contributed by atoms with Gasteiger partial charge >= 0.3 is 51.4 Å². The summed E-state index contributed by atoms with van der Waals surface area (Å²) in [5, 5.41) is 4.63. The summed E-state index contributed by atoms with van der Waals surface area (Å²) in [7, 11) is 0. The number of carbonyl (C=O) groups excluding carboxylic acids is 1. The fraction of sp³-hybridized carbons (Fsp3) is 0. The van der Waals surface area contributed by atoms with Gasteiger partial charge in [-0.05, 0) is 23.6 Å². The average Bonchev–Trinajstić information content (AvgIpc) is 2.72. The first-order valence-electron chi connectivity index (χ1n) is 4.11. The van der Waals surface area contributed by atoms with Gasteiger partial charge in [-0.3, -0.25) is 9.78 Å². The minimum Gasteiger partial charge on any atom is -1.00 e. The predicted octanol–water partition coefficient (Wildman–Crippen LogP) is -0.488. The van der Waals surface area contributed by atoms with Crippen molar-refractivity contribution in [2.24, 2.45) is 0 Å². The smallest absolute Gasteiger partial charge is 1.00 e. The van der Waals surface area contributed by atoms with Gasteiger partial charge in [-0.2, -0.15) is 0 Å². The van der Waals surface area contributed by atoms with Crippen LogP contribution in [0.25, 0.3) is 0 Å². The number of aromatic nitrogens is 1. The van der Waals surface area contributed by atoms with E-state index in [0.29, 0.717) is 10.6 Å². The molecular weight excluding hydrogens is 235 g/mol. The standard InChI is InChI=1S/C10H8N2OS.K.H/c13-10(9-4-2-6-14-9)12-8-3-1-5-11-7-8;;/h1-7H,(H,12,13);;/q;+1;-1. The summed E-state index contributed by atoms with van der Waals surface area (Å²) in [6.07, 6.45) is 3.28. The van der Waals surface area contributed by atoms with E-state index in [1.54, 1.807) is 30.6 Å². The van der Waals surface area contributed by atoms with E-state index in [-0.39, 0.29) is 58.7 Å². The molecule has 0 aliphatic rings. The molecule has 0 aromatic carbocycles. The van der Waals surface area contributed by atoms with Crippen LogP contribution in [-0.2, 0) is 0 Å². The van der Waals surface area contributed by atoms with Crippen molar-refractivity contribution in [3.8, 4) is 0 Å². The monoisotopic (exact) mass is 244 g/mol. The molecule has 15 heavy (non-hydrogen) atoms. The van der Waals surface area contributed by atoms with Gasteiger partial charge in [-0.25, -0.2) is 0 Å². The Kier molecular flexibility index (Phi) is 5.66. The molecule has 0 atom stereocenters. The van der Waals surface area contributed by atoms with Gasteiger partial charge in [0.15, 0.2) is 0 Å². The van der Waals surface area contributed by atoms with Gasteiger partial charge in [0.2, 0.25) is 0 Å².